The van der Waals surface area contributed by atoms with E-state index in [9.17, 15) is 9.18 Å². The summed E-state index contributed by atoms with van der Waals surface area (Å²) in [6.07, 6.45) is 5.13. The highest BCUT2D eigenvalue weighted by atomic mass is 19.1. The van der Waals surface area contributed by atoms with Crippen LogP contribution < -0.4 is 0 Å². The summed E-state index contributed by atoms with van der Waals surface area (Å²) in [4.78, 5) is 11.6. The number of halogens is 1. The van der Waals surface area contributed by atoms with E-state index >= 15 is 0 Å². The average molecular weight is 226 g/mol. The van der Waals surface area contributed by atoms with Gasteiger partial charge in [0, 0.05) is 6.42 Å². The zero-order valence-electron chi connectivity index (χ0n) is 10.4. The summed E-state index contributed by atoms with van der Waals surface area (Å²) < 4.78 is 12.7. The van der Waals surface area contributed by atoms with Crippen molar-refractivity contribution >= 4 is 5.78 Å². The molecule has 2 aliphatic carbocycles. The van der Waals surface area contributed by atoms with Crippen LogP contribution in [0.2, 0.25) is 0 Å². The van der Waals surface area contributed by atoms with Crippen LogP contribution in [0.1, 0.15) is 52.4 Å². The highest BCUT2D eigenvalue weighted by Gasteiger charge is 2.44. The van der Waals surface area contributed by atoms with Crippen molar-refractivity contribution in [3.05, 3.63) is 0 Å². The molecular formula is C14H23FO. The van der Waals surface area contributed by atoms with Gasteiger partial charge < -0.3 is 0 Å². The number of Topliss-reactive ketones (excluding diaryl/α,β-unsaturated/α-hetero) is 1. The van der Waals surface area contributed by atoms with Gasteiger partial charge in [0.15, 0.2) is 0 Å². The summed E-state index contributed by atoms with van der Waals surface area (Å²) >= 11 is 0. The Labute approximate surface area is 97.8 Å². The van der Waals surface area contributed by atoms with E-state index in [1.807, 2.05) is 0 Å². The molecule has 0 bridgehead atoms. The Morgan fingerprint density at radius 1 is 1.38 bits per heavy atom. The maximum Gasteiger partial charge on any atom is 0.138 e. The average Bonchev–Trinajstić information content (AvgIpc) is 3.15. The highest BCUT2D eigenvalue weighted by molar-refractivity contribution is 5.84. The van der Waals surface area contributed by atoms with Crippen LogP contribution in [-0.2, 0) is 4.79 Å². The molecule has 0 aromatic rings. The Morgan fingerprint density at radius 2 is 2.06 bits per heavy atom. The van der Waals surface area contributed by atoms with Gasteiger partial charge in [0.25, 0.3) is 0 Å². The number of carbonyl (C=O) groups excluding carboxylic acids is 1. The molecule has 2 aliphatic rings. The van der Waals surface area contributed by atoms with Crippen LogP contribution >= 0.6 is 0 Å². The molecule has 0 spiro atoms. The number of alkyl halides is 1. The molecule has 0 aromatic heterocycles. The first kappa shape index (κ1) is 12.1. The van der Waals surface area contributed by atoms with Crippen molar-refractivity contribution in [1.29, 1.82) is 0 Å². The summed E-state index contributed by atoms with van der Waals surface area (Å²) in [5.41, 5.74) is 0. The minimum atomic E-state index is -0.808. The molecule has 2 heteroatoms. The molecule has 4 unspecified atom stereocenters. The molecule has 0 saturated heterocycles. The van der Waals surface area contributed by atoms with Crippen LogP contribution in [0.25, 0.3) is 0 Å². The highest BCUT2D eigenvalue weighted by Crippen LogP contribution is 2.49. The lowest BCUT2D eigenvalue weighted by Crippen LogP contribution is -2.09. The molecule has 16 heavy (non-hydrogen) atoms. The zero-order valence-corrected chi connectivity index (χ0v) is 10.4. The molecule has 0 aromatic carbocycles. The lowest BCUT2D eigenvalue weighted by atomic mass is 9.91. The molecule has 0 N–H and O–H groups in total. The number of rotatable bonds is 7. The zero-order chi connectivity index (χ0) is 11.7. The maximum atomic E-state index is 12.7. The van der Waals surface area contributed by atoms with Gasteiger partial charge in [-0.1, -0.05) is 26.7 Å². The molecule has 0 aliphatic heterocycles. The van der Waals surface area contributed by atoms with Gasteiger partial charge in [-0.3, -0.25) is 4.79 Å². The normalized spacial score (nSPS) is 38.2. The third-order valence-corrected chi connectivity index (χ3v) is 4.52. The molecule has 0 amide bonds. The van der Waals surface area contributed by atoms with E-state index in [-0.39, 0.29) is 11.7 Å². The van der Waals surface area contributed by atoms with Crippen molar-refractivity contribution in [3.63, 3.8) is 0 Å². The SMILES string of the molecule is CCC(CCC(=O)C1C[C@H]1F)C1CC1CC. The van der Waals surface area contributed by atoms with Gasteiger partial charge in [0.2, 0.25) is 0 Å². The van der Waals surface area contributed by atoms with E-state index in [4.69, 9.17) is 0 Å². The first-order chi connectivity index (χ1) is 7.67. The molecular weight excluding hydrogens is 203 g/mol. The largest absolute Gasteiger partial charge is 0.299 e. The summed E-state index contributed by atoms with van der Waals surface area (Å²) in [5, 5.41) is 0. The fourth-order valence-electron chi connectivity index (χ4n) is 3.05. The lowest BCUT2D eigenvalue weighted by molar-refractivity contribution is -0.120. The number of hydrogen-bond acceptors (Lipinski definition) is 1. The summed E-state index contributed by atoms with van der Waals surface area (Å²) in [6.45, 7) is 4.47. The second-order valence-electron chi connectivity index (χ2n) is 5.60. The maximum absolute atomic E-state index is 12.7. The van der Waals surface area contributed by atoms with Crippen molar-refractivity contribution < 1.29 is 9.18 Å². The van der Waals surface area contributed by atoms with Crippen molar-refractivity contribution in [3.8, 4) is 0 Å². The second-order valence-corrected chi connectivity index (χ2v) is 5.60. The Bertz CT molecular complexity index is 263. The van der Waals surface area contributed by atoms with Crippen LogP contribution in [0.15, 0.2) is 0 Å². The minimum absolute atomic E-state index is 0.180. The molecule has 92 valence electrons. The van der Waals surface area contributed by atoms with E-state index in [2.05, 4.69) is 13.8 Å². The second kappa shape index (κ2) is 4.85. The van der Waals surface area contributed by atoms with Gasteiger partial charge in [-0.25, -0.2) is 4.39 Å². The van der Waals surface area contributed by atoms with Gasteiger partial charge in [0.05, 0.1) is 5.92 Å². The lowest BCUT2D eigenvalue weighted by Gasteiger charge is -2.13. The molecule has 0 heterocycles. The van der Waals surface area contributed by atoms with E-state index in [1.54, 1.807) is 0 Å². The molecule has 2 saturated carbocycles. The summed E-state index contributed by atoms with van der Waals surface area (Å²) in [6, 6.07) is 0. The minimum Gasteiger partial charge on any atom is -0.299 e. The van der Waals surface area contributed by atoms with Gasteiger partial charge in [-0.15, -0.1) is 0 Å². The van der Waals surface area contributed by atoms with Gasteiger partial charge in [-0.05, 0) is 37.0 Å². The van der Waals surface area contributed by atoms with Crippen LogP contribution in [0, 0.1) is 23.7 Å². The van der Waals surface area contributed by atoms with E-state index in [0.29, 0.717) is 18.8 Å². The van der Waals surface area contributed by atoms with Gasteiger partial charge in [-0.2, -0.15) is 0 Å². The van der Waals surface area contributed by atoms with Crippen LogP contribution in [0.3, 0.4) is 0 Å². The van der Waals surface area contributed by atoms with E-state index in [0.717, 1.165) is 18.3 Å². The van der Waals surface area contributed by atoms with Crippen molar-refractivity contribution in [2.24, 2.45) is 23.7 Å². The first-order valence-corrected chi connectivity index (χ1v) is 6.84. The van der Waals surface area contributed by atoms with Gasteiger partial charge in [0.1, 0.15) is 12.0 Å². The first-order valence-electron chi connectivity index (χ1n) is 6.84. The van der Waals surface area contributed by atoms with Crippen LogP contribution in [0.4, 0.5) is 4.39 Å². The Kier molecular flexibility index (Phi) is 3.66. The number of hydrogen-bond donors (Lipinski definition) is 0. The molecule has 1 nitrogen and oxygen atoms in total. The fraction of sp³-hybridized carbons (Fsp3) is 0.929. The Balaban J connectivity index is 1.69. The summed E-state index contributed by atoms with van der Waals surface area (Å²) in [5.74, 6) is 2.45. The number of ketones is 1. The quantitative estimate of drug-likeness (QED) is 0.646. The van der Waals surface area contributed by atoms with E-state index in [1.165, 1.54) is 19.3 Å². The third-order valence-electron chi connectivity index (χ3n) is 4.52. The standard InChI is InChI=1S/C14H23FO/c1-3-9(11-7-10(11)4-2)5-6-14(16)12-8-13(12)15/h9-13H,3-8H2,1-2H3/t9?,10?,11?,12?,13-/m1/s1. The van der Waals surface area contributed by atoms with Crippen molar-refractivity contribution in [1.82, 2.24) is 0 Å². The smallest absolute Gasteiger partial charge is 0.138 e. The topological polar surface area (TPSA) is 17.1 Å². The third kappa shape index (κ3) is 2.64. The van der Waals surface area contributed by atoms with Crippen molar-refractivity contribution in [2.45, 2.75) is 58.5 Å². The fourth-order valence-corrected chi connectivity index (χ4v) is 3.05. The van der Waals surface area contributed by atoms with Gasteiger partial charge >= 0.3 is 0 Å². The molecule has 2 rings (SSSR count). The predicted molar refractivity (Wildman–Crippen MR) is 62.9 cm³/mol. The van der Waals surface area contributed by atoms with Crippen LogP contribution in [0.5, 0.6) is 0 Å². The van der Waals surface area contributed by atoms with Crippen LogP contribution in [-0.4, -0.2) is 12.0 Å². The Morgan fingerprint density at radius 3 is 2.50 bits per heavy atom. The molecule has 5 atom stereocenters. The predicted octanol–water partition coefficient (Wildman–Crippen LogP) is 3.77. The summed E-state index contributed by atoms with van der Waals surface area (Å²) in [7, 11) is 0. The molecule has 0 radical (unpaired) electrons. The monoisotopic (exact) mass is 226 g/mol. The Hall–Kier alpha value is -0.400. The van der Waals surface area contributed by atoms with E-state index < -0.39 is 6.17 Å². The van der Waals surface area contributed by atoms with Crippen molar-refractivity contribution in [2.75, 3.05) is 0 Å². The number of carbonyl (C=O) groups is 1. The molecule has 2 fully saturated rings.